The molecule has 0 radical (unpaired) electrons. The van der Waals surface area contributed by atoms with Crippen molar-refractivity contribution in [2.45, 2.75) is 50.7 Å². The lowest BCUT2D eigenvalue weighted by atomic mass is 9.89. The number of rotatable bonds is 11. The smallest absolute Gasteiger partial charge is 0.207 e. The highest BCUT2D eigenvalue weighted by atomic mass is 16.6. The standard InChI is InChI=1S/C33H34N4O4/c1-33(40-21-26-15-9-4-10-16-26)30(27-17-29-35-23-36-32(34)37(29)18-27)41-28(22-38-19-24-11-5-2-6-12-24)31(33)39-20-25-13-7-3-8-14-25/h2-18,23,28,30-31H,19-22H2,1H3,(H2,34,35,36)/t28-,30+,31-,33+/m1/s1. The minimum absolute atomic E-state index is 0.338. The molecule has 2 aromatic heterocycles. The molecular formula is C33H34N4O4. The van der Waals surface area contributed by atoms with E-state index in [1.165, 1.54) is 6.33 Å². The zero-order chi connectivity index (χ0) is 28.1. The molecule has 41 heavy (non-hydrogen) atoms. The third kappa shape index (κ3) is 6.01. The molecule has 4 atom stereocenters. The van der Waals surface area contributed by atoms with Gasteiger partial charge in [0.15, 0.2) is 0 Å². The maximum atomic E-state index is 6.78. The quantitative estimate of drug-likeness (QED) is 0.231. The van der Waals surface area contributed by atoms with Crippen LogP contribution in [0.4, 0.5) is 5.95 Å². The first-order chi connectivity index (χ1) is 20.1. The molecule has 6 rings (SSSR count). The normalized spacial score (nSPS) is 22.3. The van der Waals surface area contributed by atoms with E-state index in [0.717, 1.165) is 22.3 Å². The minimum atomic E-state index is -0.863. The number of benzene rings is 3. The second-order valence-electron chi connectivity index (χ2n) is 10.5. The van der Waals surface area contributed by atoms with Crippen LogP contribution in [0.2, 0.25) is 0 Å². The number of nitrogens with two attached hydrogens (primary N) is 1. The highest BCUT2D eigenvalue weighted by Gasteiger charge is 2.56. The fourth-order valence-electron chi connectivity index (χ4n) is 5.41. The number of hydrogen-bond acceptors (Lipinski definition) is 7. The SMILES string of the molecule is C[C@@]1(OCc2ccccc2)[C@H](OCc2ccccc2)[C@@H](COCc2ccccc2)O[C@H]1c1cc2ncnc(N)n2c1. The first-order valence-electron chi connectivity index (χ1n) is 13.8. The van der Waals surface area contributed by atoms with Crippen molar-refractivity contribution in [3.05, 3.63) is 132 Å². The largest absolute Gasteiger partial charge is 0.374 e. The number of hydrogen-bond donors (Lipinski definition) is 1. The van der Waals surface area contributed by atoms with Gasteiger partial charge in [0.05, 0.1) is 26.4 Å². The Morgan fingerprint density at radius 3 is 2.07 bits per heavy atom. The minimum Gasteiger partial charge on any atom is -0.374 e. The average molecular weight is 551 g/mol. The summed E-state index contributed by atoms with van der Waals surface area (Å²) in [6.07, 6.45) is 2.08. The molecule has 0 amide bonds. The number of nitrogens with zero attached hydrogens (tertiary/aromatic N) is 3. The average Bonchev–Trinajstić information content (AvgIpc) is 3.56. The van der Waals surface area contributed by atoms with Gasteiger partial charge in [-0.2, -0.15) is 0 Å². The summed E-state index contributed by atoms with van der Waals surface area (Å²) in [5.74, 6) is 0.353. The molecule has 0 spiro atoms. The van der Waals surface area contributed by atoms with E-state index in [1.54, 1.807) is 4.40 Å². The molecule has 1 aliphatic heterocycles. The maximum Gasteiger partial charge on any atom is 0.207 e. The lowest BCUT2D eigenvalue weighted by Crippen LogP contribution is -2.47. The molecule has 3 heterocycles. The molecule has 0 unspecified atom stereocenters. The van der Waals surface area contributed by atoms with Crippen LogP contribution in [0.5, 0.6) is 0 Å². The third-order valence-corrected chi connectivity index (χ3v) is 7.54. The van der Waals surface area contributed by atoms with Crippen molar-refractivity contribution >= 4 is 11.6 Å². The topological polar surface area (TPSA) is 93.1 Å². The molecule has 0 bridgehead atoms. The second-order valence-corrected chi connectivity index (χ2v) is 10.5. The number of fused-ring (bicyclic) bond motifs is 1. The van der Waals surface area contributed by atoms with Crippen molar-refractivity contribution in [3.63, 3.8) is 0 Å². The molecule has 2 N–H and O–H groups in total. The Morgan fingerprint density at radius 1 is 0.829 bits per heavy atom. The van der Waals surface area contributed by atoms with Crippen LogP contribution in [0.1, 0.15) is 35.3 Å². The Kier molecular flexibility index (Phi) is 8.07. The fraction of sp³-hybridized carbons (Fsp3) is 0.273. The van der Waals surface area contributed by atoms with Crippen molar-refractivity contribution in [1.29, 1.82) is 0 Å². The summed E-state index contributed by atoms with van der Waals surface area (Å²) in [6, 6.07) is 32.3. The summed E-state index contributed by atoms with van der Waals surface area (Å²) in [7, 11) is 0. The molecular weight excluding hydrogens is 516 g/mol. The van der Waals surface area contributed by atoms with E-state index in [9.17, 15) is 0 Å². The summed E-state index contributed by atoms with van der Waals surface area (Å²) >= 11 is 0. The van der Waals surface area contributed by atoms with Crippen LogP contribution in [-0.2, 0) is 38.8 Å². The van der Waals surface area contributed by atoms with Gasteiger partial charge in [-0.25, -0.2) is 9.97 Å². The van der Waals surface area contributed by atoms with Crippen LogP contribution in [0.3, 0.4) is 0 Å². The molecule has 1 saturated heterocycles. The lowest BCUT2D eigenvalue weighted by Gasteiger charge is -2.35. The molecule has 8 nitrogen and oxygen atoms in total. The van der Waals surface area contributed by atoms with E-state index in [0.29, 0.717) is 38.0 Å². The van der Waals surface area contributed by atoms with Gasteiger partial charge in [-0.3, -0.25) is 4.40 Å². The molecule has 0 saturated carbocycles. The van der Waals surface area contributed by atoms with E-state index in [-0.39, 0.29) is 6.10 Å². The maximum absolute atomic E-state index is 6.78. The molecule has 3 aromatic carbocycles. The van der Waals surface area contributed by atoms with E-state index < -0.39 is 17.8 Å². The molecule has 1 fully saturated rings. The summed E-state index contributed by atoms with van der Waals surface area (Å²) in [5, 5.41) is 0. The highest BCUT2D eigenvalue weighted by Crippen LogP contribution is 2.47. The van der Waals surface area contributed by atoms with Gasteiger partial charge in [0.1, 0.15) is 35.9 Å². The first kappa shape index (κ1) is 27.1. The summed E-state index contributed by atoms with van der Waals surface area (Å²) in [4.78, 5) is 8.53. The zero-order valence-electron chi connectivity index (χ0n) is 23.0. The predicted molar refractivity (Wildman–Crippen MR) is 156 cm³/mol. The Bertz CT molecular complexity index is 1550. The molecule has 210 valence electrons. The van der Waals surface area contributed by atoms with Crippen molar-refractivity contribution in [2.24, 2.45) is 0 Å². The summed E-state index contributed by atoms with van der Waals surface area (Å²) < 4.78 is 28.2. The number of nitrogen functional groups attached to an aromatic ring is 1. The van der Waals surface area contributed by atoms with Crippen LogP contribution in [0.25, 0.3) is 5.65 Å². The molecule has 5 aromatic rings. The van der Waals surface area contributed by atoms with E-state index in [4.69, 9.17) is 24.7 Å². The third-order valence-electron chi connectivity index (χ3n) is 7.54. The van der Waals surface area contributed by atoms with Crippen molar-refractivity contribution < 1.29 is 18.9 Å². The molecule has 1 aliphatic rings. The Labute approximate surface area is 239 Å². The van der Waals surface area contributed by atoms with Gasteiger partial charge < -0.3 is 24.7 Å². The van der Waals surface area contributed by atoms with E-state index in [1.807, 2.05) is 79.0 Å². The second kappa shape index (κ2) is 12.2. The Balaban J connectivity index is 1.32. The van der Waals surface area contributed by atoms with Gasteiger partial charge in [0, 0.05) is 11.8 Å². The molecule has 8 heteroatoms. The van der Waals surface area contributed by atoms with Gasteiger partial charge >= 0.3 is 0 Å². The highest BCUT2D eigenvalue weighted by molar-refractivity contribution is 5.48. The van der Waals surface area contributed by atoms with Crippen LogP contribution in [0, 0.1) is 0 Å². The van der Waals surface area contributed by atoms with Crippen molar-refractivity contribution in [3.8, 4) is 0 Å². The van der Waals surface area contributed by atoms with Crippen molar-refractivity contribution in [2.75, 3.05) is 12.3 Å². The summed E-state index contributed by atoms with van der Waals surface area (Å²) in [6.45, 7) is 3.68. The number of ether oxygens (including phenoxy) is 4. The monoisotopic (exact) mass is 550 g/mol. The van der Waals surface area contributed by atoms with Crippen LogP contribution < -0.4 is 5.73 Å². The van der Waals surface area contributed by atoms with Gasteiger partial charge in [-0.05, 0) is 29.7 Å². The summed E-state index contributed by atoms with van der Waals surface area (Å²) in [5.41, 5.74) is 10.1. The van der Waals surface area contributed by atoms with E-state index in [2.05, 4.69) is 41.2 Å². The van der Waals surface area contributed by atoms with Gasteiger partial charge in [0.2, 0.25) is 5.95 Å². The van der Waals surface area contributed by atoms with E-state index >= 15 is 0 Å². The Morgan fingerprint density at radius 2 is 1.44 bits per heavy atom. The molecule has 0 aliphatic carbocycles. The van der Waals surface area contributed by atoms with Gasteiger partial charge in [-0.1, -0.05) is 91.0 Å². The van der Waals surface area contributed by atoms with Crippen LogP contribution in [-0.4, -0.2) is 38.8 Å². The Hall–Kier alpha value is -4.08. The fourth-order valence-corrected chi connectivity index (χ4v) is 5.41. The van der Waals surface area contributed by atoms with Gasteiger partial charge in [-0.15, -0.1) is 0 Å². The van der Waals surface area contributed by atoms with Crippen LogP contribution >= 0.6 is 0 Å². The zero-order valence-corrected chi connectivity index (χ0v) is 23.0. The lowest BCUT2D eigenvalue weighted by molar-refractivity contribution is -0.147. The van der Waals surface area contributed by atoms with Crippen molar-refractivity contribution in [1.82, 2.24) is 14.4 Å². The number of aromatic nitrogens is 3. The van der Waals surface area contributed by atoms with Crippen LogP contribution in [0.15, 0.2) is 110 Å². The predicted octanol–water partition coefficient (Wildman–Crippen LogP) is 5.53. The first-order valence-corrected chi connectivity index (χ1v) is 13.8. The van der Waals surface area contributed by atoms with Gasteiger partial charge in [0.25, 0.3) is 0 Å². The number of anilines is 1.